The first kappa shape index (κ1) is 25.4. The van der Waals surface area contributed by atoms with E-state index in [2.05, 4.69) is 10.5 Å². The van der Waals surface area contributed by atoms with E-state index in [1.54, 1.807) is 19.2 Å². The molecule has 0 aliphatic carbocycles. The van der Waals surface area contributed by atoms with Crippen LogP contribution in [0, 0.1) is 0 Å². The van der Waals surface area contributed by atoms with Gasteiger partial charge in [0.15, 0.2) is 5.71 Å². The molecule has 1 N–H and O–H groups in total. The molecular weight excluding hydrogens is 388 g/mol. The third kappa shape index (κ3) is 7.30. The van der Waals surface area contributed by atoms with Gasteiger partial charge in [0.05, 0.1) is 5.56 Å². The molecule has 3 aromatic rings. The predicted molar refractivity (Wildman–Crippen MR) is 129 cm³/mol. The number of likely N-dealkylation sites (N-methyl/N-ethyl adjacent to an activating group) is 1. The third-order valence-corrected chi connectivity index (χ3v) is 3.94. The van der Waals surface area contributed by atoms with Crippen molar-refractivity contribution in [3.63, 3.8) is 0 Å². The summed E-state index contributed by atoms with van der Waals surface area (Å²) in [6, 6.07) is 25.1. The quantitative estimate of drug-likeness (QED) is 0.376. The molecule has 5 nitrogen and oxygen atoms in total. The zero-order valence-electron chi connectivity index (χ0n) is 19.2. The van der Waals surface area contributed by atoms with E-state index < -0.39 is 0 Å². The van der Waals surface area contributed by atoms with Gasteiger partial charge in [-0.25, -0.2) is 0 Å². The number of nitrogens with zero attached hydrogens (tertiary/aromatic N) is 1. The summed E-state index contributed by atoms with van der Waals surface area (Å²) in [4.78, 5) is 17.0. The molecule has 0 bridgehead atoms. The van der Waals surface area contributed by atoms with Crippen LogP contribution in [0.25, 0.3) is 11.1 Å². The fourth-order valence-electron chi connectivity index (χ4n) is 2.67. The Hall–Kier alpha value is -3.60. The maximum Gasteiger partial charge on any atom is 0.273 e. The van der Waals surface area contributed by atoms with Gasteiger partial charge in [0.1, 0.15) is 18.6 Å². The summed E-state index contributed by atoms with van der Waals surface area (Å²) in [6.45, 7) is 8.00. The Labute approximate surface area is 185 Å². The highest BCUT2D eigenvalue weighted by molar-refractivity contribution is 6.45. The van der Waals surface area contributed by atoms with Gasteiger partial charge in [-0.2, -0.15) is 0 Å². The number of ether oxygens (including phenoxy) is 1. The van der Waals surface area contributed by atoms with Crippen molar-refractivity contribution in [2.45, 2.75) is 27.7 Å². The summed E-state index contributed by atoms with van der Waals surface area (Å²) < 4.78 is 6.08. The molecular formula is C26H32N2O3. The molecule has 3 rings (SSSR count). The van der Waals surface area contributed by atoms with E-state index in [0.29, 0.717) is 17.1 Å². The van der Waals surface area contributed by atoms with Gasteiger partial charge >= 0.3 is 0 Å². The summed E-state index contributed by atoms with van der Waals surface area (Å²) in [5.74, 6) is 0.825. The lowest BCUT2D eigenvalue weighted by Crippen LogP contribution is -2.28. The zero-order valence-corrected chi connectivity index (χ0v) is 19.2. The maximum atomic E-state index is 12.2. The summed E-state index contributed by atoms with van der Waals surface area (Å²) >= 11 is 0. The Balaban J connectivity index is 0.00000113. The minimum atomic E-state index is -0.356. The van der Waals surface area contributed by atoms with Gasteiger partial charge < -0.3 is 14.9 Å². The smallest absolute Gasteiger partial charge is 0.273 e. The van der Waals surface area contributed by atoms with Gasteiger partial charge in [-0.15, -0.1) is 0 Å². The summed E-state index contributed by atoms with van der Waals surface area (Å²) in [7, 11) is 2.94. The molecule has 1 amide bonds. The number of benzene rings is 3. The Kier molecular flexibility index (Phi) is 11.8. The van der Waals surface area contributed by atoms with Crippen LogP contribution in [0.3, 0.4) is 0 Å². The first-order valence-corrected chi connectivity index (χ1v) is 10.5. The Morgan fingerprint density at radius 1 is 0.806 bits per heavy atom. The topological polar surface area (TPSA) is 59.9 Å². The van der Waals surface area contributed by atoms with Gasteiger partial charge in [-0.05, 0) is 35.4 Å². The van der Waals surface area contributed by atoms with Crippen molar-refractivity contribution in [1.82, 2.24) is 5.32 Å². The van der Waals surface area contributed by atoms with E-state index in [-0.39, 0.29) is 11.6 Å². The van der Waals surface area contributed by atoms with Crippen molar-refractivity contribution in [2.75, 3.05) is 14.2 Å². The van der Waals surface area contributed by atoms with Gasteiger partial charge in [0.25, 0.3) is 5.91 Å². The SMILES string of the molecule is CC.CC.CNC(=O)/C(=N/OC)c1ccccc1Oc1cccc(-c2ccccc2)c1. The van der Waals surface area contributed by atoms with E-state index in [0.717, 1.165) is 11.1 Å². The second-order valence-electron chi connectivity index (χ2n) is 5.69. The molecule has 0 unspecified atom stereocenters. The van der Waals surface area contributed by atoms with Gasteiger partial charge in [-0.3, -0.25) is 4.79 Å². The number of carbonyl (C=O) groups is 1. The highest BCUT2D eigenvalue weighted by atomic mass is 16.6. The van der Waals surface area contributed by atoms with Crippen molar-refractivity contribution in [3.8, 4) is 22.6 Å². The summed E-state index contributed by atoms with van der Waals surface area (Å²) in [5.41, 5.74) is 2.84. The molecule has 5 heteroatoms. The second kappa shape index (κ2) is 14.4. The Bertz CT molecular complexity index is 954. The number of nitrogens with one attached hydrogen (secondary N) is 1. The van der Waals surface area contributed by atoms with Crippen molar-refractivity contribution in [1.29, 1.82) is 0 Å². The fourth-order valence-corrected chi connectivity index (χ4v) is 2.67. The lowest BCUT2D eigenvalue weighted by molar-refractivity contribution is -0.114. The Morgan fingerprint density at radius 3 is 2.06 bits per heavy atom. The summed E-state index contributed by atoms with van der Waals surface area (Å²) in [5, 5.41) is 6.42. The minimum Gasteiger partial charge on any atom is -0.457 e. The van der Waals surface area contributed by atoms with Gasteiger partial charge in [-0.1, -0.05) is 87.4 Å². The first-order chi connectivity index (χ1) is 15.2. The van der Waals surface area contributed by atoms with Crippen molar-refractivity contribution >= 4 is 11.6 Å². The third-order valence-electron chi connectivity index (χ3n) is 3.94. The normalized spacial score (nSPS) is 9.94. The number of hydrogen-bond donors (Lipinski definition) is 1. The van der Waals surface area contributed by atoms with E-state index in [1.807, 2.05) is 94.4 Å². The number of rotatable bonds is 6. The highest BCUT2D eigenvalue weighted by Crippen LogP contribution is 2.29. The molecule has 164 valence electrons. The number of oxime groups is 1. The molecule has 0 aliphatic rings. The number of carbonyl (C=O) groups excluding carboxylic acids is 1. The van der Waals surface area contributed by atoms with Gasteiger partial charge in [0.2, 0.25) is 0 Å². The van der Waals surface area contributed by atoms with Crippen molar-refractivity contribution in [3.05, 3.63) is 84.4 Å². The predicted octanol–water partition coefficient (Wildman–Crippen LogP) is 6.29. The van der Waals surface area contributed by atoms with Crippen LogP contribution in [0.1, 0.15) is 33.3 Å². The van der Waals surface area contributed by atoms with Crippen LogP contribution >= 0.6 is 0 Å². The molecule has 0 saturated heterocycles. The molecule has 0 heterocycles. The van der Waals surface area contributed by atoms with E-state index in [9.17, 15) is 4.79 Å². The highest BCUT2D eigenvalue weighted by Gasteiger charge is 2.18. The average Bonchev–Trinajstić information content (AvgIpc) is 2.86. The molecule has 0 radical (unpaired) electrons. The largest absolute Gasteiger partial charge is 0.457 e. The molecule has 0 aromatic heterocycles. The van der Waals surface area contributed by atoms with Crippen molar-refractivity contribution in [2.24, 2.45) is 5.16 Å². The average molecular weight is 421 g/mol. The lowest BCUT2D eigenvalue weighted by atomic mass is 10.1. The zero-order chi connectivity index (χ0) is 23.1. The molecule has 3 aromatic carbocycles. The fraction of sp³-hybridized carbons (Fsp3) is 0.231. The number of para-hydroxylation sites is 1. The lowest BCUT2D eigenvalue weighted by Gasteiger charge is -2.13. The van der Waals surface area contributed by atoms with Crippen LogP contribution in [0.4, 0.5) is 0 Å². The maximum absolute atomic E-state index is 12.2. The van der Waals surface area contributed by atoms with Crippen LogP contribution in [-0.2, 0) is 9.63 Å². The van der Waals surface area contributed by atoms with Crippen molar-refractivity contribution < 1.29 is 14.4 Å². The first-order valence-electron chi connectivity index (χ1n) is 10.5. The standard InChI is InChI=1S/C22H20N2O3.2C2H6/c1-23-22(25)21(24-26-2)19-13-6-7-14-20(19)27-18-12-8-11-17(15-18)16-9-4-3-5-10-16;2*1-2/h3-15H,1-2H3,(H,23,25);2*1-2H3/b24-21+;;. The van der Waals surface area contributed by atoms with E-state index in [1.165, 1.54) is 7.11 Å². The molecule has 31 heavy (non-hydrogen) atoms. The second-order valence-corrected chi connectivity index (χ2v) is 5.69. The Morgan fingerprint density at radius 2 is 1.42 bits per heavy atom. The molecule has 0 atom stereocenters. The molecule has 0 saturated carbocycles. The van der Waals surface area contributed by atoms with Gasteiger partial charge in [0, 0.05) is 7.05 Å². The molecule has 0 aliphatic heterocycles. The number of hydrogen-bond acceptors (Lipinski definition) is 4. The van der Waals surface area contributed by atoms with E-state index in [4.69, 9.17) is 9.57 Å². The van der Waals surface area contributed by atoms with Crippen LogP contribution in [0.5, 0.6) is 11.5 Å². The van der Waals surface area contributed by atoms with Crippen LogP contribution in [0.2, 0.25) is 0 Å². The minimum absolute atomic E-state index is 0.148. The number of amides is 1. The van der Waals surface area contributed by atoms with Crippen LogP contribution in [0.15, 0.2) is 84.0 Å². The van der Waals surface area contributed by atoms with Crippen LogP contribution in [-0.4, -0.2) is 25.8 Å². The monoisotopic (exact) mass is 420 g/mol. The summed E-state index contributed by atoms with van der Waals surface area (Å²) in [6.07, 6.45) is 0. The molecule has 0 fully saturated rings. The molecule has 0 spiro atoms. The van der Waals surface area contributed by atoms with Crippen LogP contribution < -0.4 is 10.1 Å². The van der Waals surface area contributed by atoms with E-state index >= 15 is 0 Å².